The van der Waals surface area contributed by atoms with Crippen LogP contribution in [0.2, 0.25) is 0 Å². The third-order valence-electron chi connectivity index (χ3n) is 3.64. The Balaban J connectivity index is 2.33. The number of benzene rings is 1. The summed E-state index contributed by atoms with van der Waals surface area (Å²) < 4.78 is 0. The molecule has 0 spiro atoms. The molecular formula is C14H22N2. The van der Waals surface area contributed by atoms with E-state index >= 15 is 0 Å². The molecule has 0 saturated heterocycles. The molecule has 0 aromatic heterocycles. The van der Waals surface area contributed by atoms with Gasteiger partial charge in [0.2, 0.25) is 0 Å². The Morgan fingerprint density at radius 1 is 1.31 bits per heavy atom. The average Bonchev–Trinajstić information content (AvgIpc) is 2.26. The van der Waals surface area contributed by atoms with Crippen molar-refractivity contribution in [3.05, 3.63) is 29.3 Å². The number of aryl methyl sites for hydroxylation is 2. The Hall–Kier alpha value is -1.02. The summed E-state index contributed by atoms with van der Waals surface area (Å²) in [5.41, 5.74) is 10.2. The van der Waals surface area contributed by atoms with E-state index in [0.29, 0.717) is 6.04 Å². The fraction of sp³-hybridized carbons (Fsp3) is 0.571. The molecule has 0 fully saturated rings. The quantitative estimate of drug-likeness (QED) is 0.826. The second-order valence-corrected chi connectivity index (χ2v) is 5.03. The first-order valence-corrected chi connectivity index (χ1v) is 6.21. The van der Waals surface area contributed by atoms with Crippen LogP contribution >= 0.6 is 0 Å². The van der Waals surface area contributed by atoms with Gasteiger partial charge in [0.25, 0.3) is 0 Å². The molecule has 0 bridgehead atoms. The Labute approximate surface area is 98.4 Å². The van der Waals surface area contributed by atoms with Crippen molar-refractivity contribution in [2.45, 2.75) is 45.7 Å². The lowest BCUT2D eigenvalue weighted by molar-refractivity contribution is 0.523. The molecule has 0 saturated carbocycles. The van der Waals surface area contributed by atoms with Crippen molar-refractivity contribution in [3.8, 4) is 0 Å². The van der Waals surface area contributed by atoms with Crippen LogP contribution in [0.25, 0.3) is 0 Å². The van der Waals surface area contributed by atoms with Gasteiger partial charge in [-0.15, -0.1) is 0 Å². The molecule has 0 aliphatic carbocycles. The van der Waals surface area contributed by atoms with Gasteiger partial charge in [-0.1, -0.05) is 17.7 Å². The molecule has 2 nitrogen and oxygen atoms in total. The van der Waals surface area contributed by atoms with Crippen LogP contribution in [-0.2, 0) is 6.42 Å². The van der Waals surface area contributed by atoms with Crippen molar-refractivity contribution in [2.75, 3.05) is 11.4 Å². The summed E-state index contributed by atoms with van der Waals surface area (Å²) >= 11 is 0. The molecule has 2 rings (SSSR count). The van der Waals surface area contributed by atoms with Crippen molar-refractivity contribution in [2.24, 2.45) is 5.73 Å². The maximum atomic E-state index is 6.01. The summed E-state index contributed by atoms with van der Waals surface area (Å²) in [6.07, 6.45) is 2.45. The zero-order valence-electron chi connectivity index (χ0n) is 10.5. The SMILES string of the molecule is Cc1ccc2c(c1)CCCN2C(C)C(C)N. The number of nitrogens with zero attached hydrogens (tertiary/aromatic N) is 1. The lowest BCUT2D eigenvalue weighted by Gasteiger charge is -2.38. The van der Waals surface area contributed by atoms with Gasteiger partial charge in [-0.3, -0.25) is 0 Å². The van der Waals surface area contributed by atoms with E-state index in [1.807, 2.05) is 0 Å². The topological polar surface area (TPSA) is 29.3 Å². The van der Waals surface area contributed by atoms with E-state index in [0.717, 1.165) is 6.54 Å². The van der Waals surface area contributed by atoms with Crippen LogP contribution in [0, 0.1) is 6.92 Å². The highest BCUT2D eigenvalue weighted by Gasteiger charge is 2.23. The molecule has 1 aromatic rings. The maximum Gasteiger partial charge on any atom is 0.0410 e. The predicted molar refractivity (Wildman–Crippen MR) is 70.0 cm³/mol. The molecule has 16 heavy (non-hydrogen) atoms. The number of hydrogen-bond acceptors (Lipinski definition) is 2. The van der Waals surface area contributed by atoms with E-state index in [-0.39, 0.29) is 6.04 Å². The molecule has 2 N–H and O–H groups in total. The number of fused-ring (bicyclic) bond motifs is 1. The monoisotopic (exact) mass is 218 g/mol. The smallest absolute Gasteiger partial charge is 0.0410 e. The number of hydrogen-bond donors (Lipinski definition) is 1. The van der Waals surface area contributed by atoms with Gasteiger partial charge in [-0.05, 0) is 45.2 Å². The third-order valence-corrected chi connectivity index (χ3v) is 3.64. The van der Waals surface area contributed by atoms with Gasteiger partial charge in [0, 0.05) is 24.3 Å². The average molecular weight is 218 g/mol. The lowest BCUT2D eigenvalue weighted by atomic mass is 9.97. The number of nitrogens with two attached hydrogens (primary N) is 1. The van der Waals surface area contributed by atoms with Gasteiger partial charge in [0.1, 0.15) is 0 Å². The molecule has 1 aliphatic heterocycles. The van der Waals surface area contributed by atoms with Gasteiger partial charge in [-0.25, -0.2) is 0 Å². The molecule has 2 atom stereocenters. The van der Waals surface area contributed by atoms with Gasteiger partial charge in [-0.2, -0.15) is 0 Å². The Morgan fingerprint density at radius 2 is 2.06 bits per heavy atom. The third kappa shape index (κ3) is 2.07. The highest BCUT2D eigenvalue weighted by atomic mass is 15.2. The van der Waals surface area contributed by atoms with E-state index < -0.39 is 0 Å². The van der Waals surface area contributed by atoms with Gasteiger partial charge >= 0.3 is 0 Å². The summed E-state index contributed by atoms with van der Waals surface area (Å²) in [7, 11) is 0. The Bertz CT molecular complexity index is 371. The van der Waals surface area contributed by atoms with Crippen LogP contribution in [-0.4, -0.2) is 18.6 Å². The first-order chi connectivity index (χ1) is 7.59. The van der Waals surface area contributed by atoms with Crippen LogP contribution in [0.1, 0.15) is 31.4 Å². The number of anilines is 1. The van der Waals surface area contributed by atoms with Crippen LogP contribution in [0.5, 0.6) is 0 Å². The van der Waals surface area contributed by atoms with Crippen molar-refractivity contribution >= 4 is 5.69 Å². The van der Waals surface area contributed by atoms with E-state index in [2.05, 4.69) is 43.9 Å². The highest BCUT2D eigenvalue weighted by molar-refractivity contribution is 5.57. The van der Waals surface area contributed by atoms with Crippen LogP contribution in [0.3, 0.4) is 0 Å². The fourth-order valence-corrected chi connectivity index (χ4v) is 2.46. The first-order valence-electron chi connectivity index (χ1n) is 6.21. The van der Waals surface area contributed by atoms with E-state index in [4.69, 9.17) is 5.73 Å². The number of rotatable bonds is 2. The minimum Gasteiger partial charge on any atom is -0.367 e. The largest absolute Gasteiger partial charge is 0.367 e. The Kier molecular flexibility index (Phi) is 3.20. The van der Waals surface area contributed by atoms with Crippen LogP contribution < -0.4 is 10.6 Å². The second kappa shape index (κ2) is 4.46. The molecule has 88 valence electrons. The molecule has 1 heterocycles. The summed E-state index contributed by atoms with van der Waals surface area (Å²) in [5, 5.41) is 0. The summed E-state index contributed by atoms with van der Waals surface area (Å²) in [6.45, 7) is 7.61. The molecule has 2 heteroatoms. The lowest BCUT2D eigenvalue weighted by Crippen LogP contribution is -2.46. The normalized spacial score (nSPS) is 19.1. The van der Waals surface area contributed by atoms with Crippen molar-refractivity contribution in [3.63, 3.8) is 0 Å². The maximum absolute atomic E-state index is 6.01. The van der Waals surface area contributed by atoms with Gasteiger partial charge in [0.05, 0.1) is 0 Å². The molecule has 2 unspecified atom stereocenters. The van der Waals surface area contributed by atoms with Crippen molar-refractivity contribution in [1.29, 1.82) is 0 Å². The molecular weight excluding hydrogens is 196 g/mol. The van der Waals surface area contributed by atoms with Crippen LogP contribution in [0.15, 0.2) is 18.2 Å². The first kappa shape index (κ1) is 11.5. The van der Waals surface area contributed by atoms with Crippen LogP contribution in [0.4, 0.5) is 5.69 Å². The van der Waals surface area contributed by atoms with E-state index in [1.54, 1.807) is 0 Å². The minimum absolute atomic E-state index is 0.215. The van der Waals surface area contributed by atoms with Gasteiger partial charge < -0.3 is 10.6 Å². The van der Waals surface area contributed by atoms with E-state index in [9.17, 15) is 0 Å². The molecule has 1 aliphatic rings. The Morgan fingerprint density at radius 3 is 2.75 bits per heavy atom. The summed E-state index contributed by atoms with van der Waals surface area (Å²) in [5.74, 6) is 0. The zero-order valence-corrected chi connectivity index (χ0v) is 10.5. The zero-order chi connectivity index (χ0) is 11.7. The standard InChI is InChI=1S/C14H22N2/c1-10-6-7-14-13(9-10)5-4-8-16(14)12(3)11(2)15/h6-7,9,11-12H,4-5,8,15H2,1-3H3. The van der Waals surface area contributed by atoms with Crippen molar-refractivity contribution in [1.82, 2.24) is 0 Å². The minimum atomic E-state index is 0.215. The summed E-state index contributed by atoms with van der Waals surface area (Å²) in [4.78, 5) is 2.46. The highest BCUT2D eigenvalue weighted by Crippen LogP contribution is 2.29. The van der Waals surface area contributed by atoms with Crippen molar-refractivity contribution < 1.29 is 0 Å². The molecule has 0 amide bonds. The van der Waals surface area contributed by atoms with Gasteiger partial charge in [0.15, 0.2) is 0 Å². The van der Waals surface area contributed by atoms with E-state index in [1.165, 1.54) is 29.7 Å². The fourth-order valence-electron chi connectivity index (χ4n) is 2.46. The molecule has 1 aromatic carbocycles. The summed E-state index contributed by atoms with van der Waals surface area (Å²) in [6, 6.07) is 7.40. The molecule has 0 radical (unpaired) electrons. The second-order valence-electron chi connectivity index (χ2n) is 5.03. The predicted octanol–water partition coefficient (Wildman–Crippen LogP) is 2.48.